The molecule has 0 spiro atoms. The summed E-state index contributed by atoms with van der Waals surface area (Å²) in [4.78, 5) is 34.4. The summed E-state index contributed by atoms with van der Waals surface area (Å²) in [6, 6.07) is 2.82. The highest BCUT2D eigenvalue weighted by molar-refractivity contribution is 6.00. The molecule has 1 aliphatic heterocycles. The number of carboxylic acids is 1. The number of hydrogen-bond acceptors (Lipinski definition) is 5. The highest BCUT2D eigenvalue weighted by Gasteiger charge is 2.27. The molecular weight excluding hydrogens is 278 g/mol. The number of benzene rings is 1. The van der Waals surface area contributed by atoms with Gasteiger partial charge in [-0.2, -0.15) is 0 Å². The lowest BCUT2D eigenvalue weighted by atomic mass is 10.1. The number of fused-ring (bicyclic) bond motifs is 1. The van der Waals surface area contributed by atoms with Gasteiger partial charge in [0.1, 0.15) is 12.2 Å². The molecule has 8 nitrogen and oxygen atoms in total. The van der Waals surface area contributed by atoms with Crippen LogP contribution in [0.5, 0.6) is 0 Å². The second-order valence-electron chi connectivity index (χ2n) is 4.80. The van der Waals surface area contributed by atoms with Crippen LogP contribution in [0.4, 0.5) is 17.1 Å². The smallest absolute Gasteiger partial charge is 0.323 e. The average Bonchev–Trinajstić information content (AvgIpc) is 2.75. The fourth-order valence-corrected chi connectivity index (χ4v) is 2.37. The molecule has 8 heteroatoms. The number of nitro groups is 1. The molecule has 0 bridgehead atoms. The predicted octanol–water partition coefficient (Wildman–Crippen LogP) is 1.39. The van der Waals surface area contributed by atoms with E-state index in [1.54, 1.807) is 0 Å². The summed E-state index contributed by atoms with van der Waals surface area (Å²) in [6.45, 7) is 1.90. The van der Waals surface area contributed by atoms with Gasteiger partial charge in [-0.05, 0) is 18.1 Å². The van der Waals surface area contributed by atoms with Crippen molar-refractivity contribution in [2.24, 2.45) is 0 Å². The van der Waals surface area contributed by atoms with E-state index in [4.69, 9.17) is 5.11 Å². The largest absolute Gasteiger partial charge is 0.480 e. The van der Waals surface area contributed by atoms with Gasteiger partial charge in [-0.3, -0.25) is 19.7 Å². The number of nitrogens with zero attached hydrogens (tertiary/aromatic N) is 2. The fourth-order valence-electron chi connectivity index (χ4n) is 2.37. The number of nitro benzene ring substituents is 1. The van der Waals surface area contributed by atoms with Gasteiger partial charge in [0.05, 0.1) is 11.3 Å². The summed E-state index contributed by atoms with van der Waals surface area (Å²) >= 11 is 0. The van der Waals surface area contributed by atoms with Crippen LogP contribution in [0.15, 0.2) is 12.1 Å². The maximum absolute atomic E-state index is 11.4. The summed E-state index contributed by atoms with van der Waals surface area (Å²) in [5, 5.41) is 22.8. The number of anilines is 2. The molecule has 2 N–H and O–H groups in total. The van der Waals surface area contributed by atoms with Crippen molar-refractivity contribution in [3.05, 3.63) is 27.8 Å². The average molecular weight is 293 g/mol. The van der Waals surface area contributed by atoms with Gasteiger partial charge >= 0.3 is 5.97 Å². The molecule has 1 aromatic rings. The van der Waals surface area contributed by atoms with E-state index >= 15 is 0 Å². The Bertz CT molecular complexity index is 614. The first-order valence-electron chi connectivity index (χ1n) is 6.50. The highest BCUT2D eigenvalue weighted by Crippen LogP contribution is 2.36. The minimum Gasteiger partial charge on any atom is -0.480 e. The number of carbonyl (C=O) groups is 2. The minimum atomic E-state index is -1.07. The second-order valence-corrected chi connectivity index (χ2v) is 4.80. The maximum Gasteiger partial charge on any atom is 0.323 e. The summed E-state index contributed by atoms with van der Waals surface area (Å²) in [7, 11) is 0. The zero-order valence-electron chi connectivity index (χ0n) is 11.5. The molecule has 0 saturated carbocycles. The standard InChI is InChI=1S/C13H15N3O5/c1-2-3-15(7-13(18)19)10-6-9-8(5-12(17)14-9)4-11(10)16(20)21/h4,6H,2-3,5,7H2,1H3,(H,14,17)(H,18,19). The summed E-state index contributed by atoms with van der Waals surface area (Å²) in [5.41, 5.74) is 1.10. The Morgan fingerprint density at radius 3 is 2.81 bits per heavy atom. The van der Waals surface area contributed by atoms with Gasteiger partial charge in [0.2, 0.25) is 5.91 Å². The van der Waals surface area contributed by atoms with E-state index in [0.29, 0.717) is 24.2 Å². The Balaban J connectivity index is 2.49. The number of hydrogen-bond donors (Lipinski definition) is 2. The third kappa shape index (κ3) is 3.10. The highest BCUT2D eigenvalue weighted by atomic mass is 16.6. The zero-order chi connectivity index (χ0) is 15.6. The van der Waals surface area contributed by atoms with Crippen molar-refractivity contribution in [2.75, 3.05) is 23.3 Å². The fraction of sp³-hybridized carbons (Fsp3) is 0.385. The van der Waals surface area contributed by atoms with Crippen LogP contribution in [0.2, 0.25) is 0 Å². The van der Waals surface area contributed by atoms with Gasteiger partial charge < -0.3 is 15.3 Å². The first kappa shape index (κ1) is 14.8. The lowest BCUT2D eigenvalue weighted by molar-refractivity contribution is -0.384. The van der Waals surface area contributed by atoms with Crippen molar-refractivity contribution in [3.63, 3.8) is 0 Å². The van der Waals surface area contributed by atoms with Crippen molar-refractivity contribution in [1.29, 1.82) is 0 Å². The van der Waals surface area contributed by atoms with Crippen LogP contribution in [-0.4, -0.2) is 35.0 Å². The van der Waals surface area contributed by atoms with E-state index < -0.39 is 10.9 Å². The van der Waals surface area contributed by atoms with Crippen LogP contribution in [0.25, 0.3) is 0 Å². The predicted molar refractivity (Wildman–Crippen MR) is 75.6 cm³/mol. The van der Waals surface area contributed by atoms with Crippen molar-refractivity contribution in [2.45, 2.75) is 19.8 Å². The molecule has 112 valence electrons. The van der Waals surface area contributed by atoms with E-state index in [-0.39, 0.29) is 30.2 Å². The van der Waals surface area contributed by atoms with Crippen molar-refractivity contribution in [3.8, 4) is 0 Å². The van der Waals surface area contributed by atoms with E-state index in [1.165, 1.54) is 17.0 Å². The van der Waals surface area contributed by atoms with Crippen LogP contribution in [0.3, 0.4) is 0 Å². The van der Waals surface area contributed by atoms with Crippen LogP contribution in [-0.2, 0) is 16.0 Å². The summed E-state index contributed by atoms with van der Waals surface area (Å²) in [6.07, 6.45) is 0.747. The third-order valence-corrected chi connectivity index (χ3v) is 3.18. The molecule has 0 aliphatic carbocycles. The van der Waals surface area contributed by atoms with Gasteiger partial charge in [0.15, 0.2) is 0 Å². The molecular formula is C13H15N3O5. The Morgan fingerprint density at radius 2 is 2.24 bits per heavy atom. The first-order valence-corrected chi connectivity index (χ1v) is 6.50. The van der Waals surface area contributed by atoms with Gasteiger partial charge in [-0.1, -0.05) is 6.92 Å². The number of aliphatic carboxylic acids is 1. The number of nitrogens with one attached hydrogen (secondary N) is 1. The molecule has 21 heavy (non-hydrogen) atoms. The molecule has 0 saturated heterocycles. The monoisotopic (exact) mass is 293 g/mol. The van der Waals surface area contributed by atoms with Crippen molar-refractivity contribution >= 4 is 28.9 Å². The molecule has 1 aromatic carbocycles. The third-order valence-electron chi connectivity index (χ3n) is 3.18. The van der Waals surface area contributed by atoms with Crippen LogP contribution < -0.4 is 10.2 Å². The van der Waals surface area contributed by atoms with Crippen LogP contribution >= 0.6 is 0 Å². The van der Waals surface area contributed by atoms with Gasteiger partial charge in [-0.15, -0.1) is 0 Å². The topological polar surface area (TPSA) is 113 Å². The number of carboxylic acid groups (broad SMARTS) is 1. The lowest BCUT2D eigenvalue weighted by Gasteiger charge is -2.22. The molecule has 0 fully saturated rings. The molecule has 1 amide bonds. The Morgan fingerprint density at radius 1 is 1.52 bits per heavy atom. The molecule has 0 unspecified atom stereocenters. The molecule has 1 heterocycles. The quantitative estimate of drug-likeness (QED) is 0.605. The normalized spacial score (nSPS) is 12.7. The van der Waals surface area contributed by atoms with Gasteiger partial charge in [0, 0.05) is 18.3 Å². The molecule has 1 aliphatic rings. The zero-order valence-corrected chi connectivity index (χ0v) is 11.5. The summed E-state index contributed by atoms with van der Waals surface area (Å²) in [5.74, 6) is -1.29. The van der Waals surface area contributed by atoms with E-state index in [1.807, 2.05) is 6.92 Å². The van der Waals surface area contributed by atoms with Crippen molar-refractivity contribution < 1.29 is 19.6 Å². The van der Waals surface area contributed by atoms with Crippen molar-refractivity contribution in [1.82, 2.24) is 0 Å². The lowest BCUT2D eigenvalue weighted by Crippen LogP contribution is -2.31. The maximum atomic E-state index is 11.4. The van der Waals surface area contributed by atoms with E-state index in [9.17, 15) is 19.7 Å². The molecule has 0 aromatic heterocycles. The molecule has 0 atom stereocenters. The second kappa shape index (κ2) is 5.78. The Hall–Kier alpha value is -2.64. The minimum absolute atomic E-state index is 0.100. The number of carbonyl (C=O) groups excluding carboxylic acids is 1. The number of rotatable bonds is 6. The van der Waals surface area contributed by atoms with Gasteiger partial charge in [-0.25, -0.2) is 0 Å². The first-order chi connectivity index (χ1) is 9.92. The van der Waals surface area contributed by atoms with E-state index in [2.05, 4.69) is 5.32 Å². The summed E-state index contributed by atoms with van der Waals surface area (Å²) < 4.78 is 0. The SMILES string of the molecule is CCCN(CC(=O)O)c1cc2c(cc1[N+](=O)[O-])CC(=O)N2. The Labute approximate surface area is 120 Å². The Kier molecular flexibility index (Phi) is 4.06. The van der Waals surface area contributed by atoms with Crippen LogP contribution in [0.1, 0.15) is 18.9 Å². The van der Waals surface area contributed by atoms with Gasteiger partial charge in [0.25, 0.3) is 5.69 Å². The number of amides is 1. The van der Waals surface area contributed by atoms with Crippen LogP contribution in [0, 0.1) is 10.1 Å². The van der Waals surface area contributed by atoms with E-state index in [0.717, 1.165) is 0 Å². The molecule has 0 radical (unpaired) electrons. The molecule has 2 rings (SSSR count).